The van der Waals surface area contributed by atoms with Gasteiger partial charge in [0.2, 0.25) is 5.95 Å². The first-order valence-electron chi connectivity index (χ1n) is 4.26. The largest absolute Gasteiger partial charge is 0.322 e. The van der Waals surface area contributed by atoms with E-state index in [1.54, 1.807) is 11.9 Å². The SMILES string of the molecule is C1=CSN(c2nc3ccccc3[nH]2)N1. The number of benzene rings is 1. The van der Waals surface area contributed by atoms with Crippen molar-refractivity contribution < 1.29 is 0 Å². The van der Waals surface area contributed by atoms with Gasteiger partial charge in [-0.05, 0) is 12.1 Å². The minimum atomic E-state index is 0.821. The molecule has 0 saturated heterocycles. The summed E-state index contributed by atoms with van der Waals surface area (Å²) < 4.78 is 1.88. The average molecular weight is 204 g/mol. The van der Waals surface area contributed by atoms with Crippen LogP contribution in [0.1, 0.15) is 0 Å². The summed E-state index contributed by atoms with van der Waals surface area (Å²) in [6, 6.07) is 7.98. The van der Waals surface area contributed by atoms with Crippen LogP contribution in [0.15, 0.2) is 35.9 Å². The maximum absolute atomic E-state index is 4.44. The first kappa shape index (κ1) is 7.75. The zero-order valence-corrected chi connectivity index (χ0v) is 8.08. The Kier molecular flexibility index (Phi) is 1.63. The smallest absolute Gasteiger partial charge is 0.234 e. The number of aromatic nitrogens is 2. The Labute approximate surface area is 85.1 Å². The van der Waals surface area contributed by atoms with Gasteiger partial charge >= 0.3 is 0 Å². The lowest BCUT2D eigenvalue weighted by Gasteiger charge is -2.11. The quantitative estimate of drug-likeness (QED) is 0.697. The normalized spacial score (nSPS) is 15.0. The van der Waals surface area contributed by atoms with E-state index in [0.29, 0.717) is 0 Å². The molecule has 0 aliphatic carbocycles. The van der Waals surface area contributed by atoms with Gasteiger partial charge in [-0.25, -0.2) is 4.98 Å². The highest BCUT2D eigenvalue weighted by Gasteiger charge is 2.12. The van der Waals surface area contributed by atoms with Gasteiger partial charge in [0, 0.05) is 23.6 Å². The summed E-state index contributed by atoms with van der Waals surface area (Å²) in [7, 11) is 0. The van der Waals surface area contributed by atoms with Crippen molar-refractivity contribution in [3.8, 4) is 0 Å². The highest BCUT2D eigenvalue weighted by molar-refractivity contribution is 8.03. The van der Waals surface area contributed by atoms with Gasteiger partial charge in [0.05, 0.1) is 11.0 Å². The molecule has 0 unspecified atom stereocenters. The Bertz CT molecular complexity index is 449. The molecular formula is C9H8N4S. The molecule has 0 bridgehead atoms. The van der Waals surface area contributed by atoms with E-state index in [1.807, 2.05) is 40.3 Å². The fourth-order valence-corrected chi connectivity index (χ4v) is 1.92. The molecule has 0 amide bonds. The molecule has 0 atom stereocenters. The van der Waals surface area contributed by atoms with Crippen molar-refractivity contribution >= 4 is 28.9 Å². The maximum atomic E-state index is 4.44. The molecule has 2 N–H and O–H groups in total. The molecule has 2 heterocycles. The van der Waals surface area contributed by atoms with Crippen LogP contribution in [0.25, 0.3) is 11.0 Å². The lowest BCUT2D eigenvalue weighted by atomic mass is 10.3. The Hall–Kier alpha value is -1.62. The van der Waals surface area contributed by atoms with Crippen LogP contribution in [-0.2, 0) is 0 Å². The maximum Gasteiger partial charge on any atom is 0.234 e. The third-order valence-electron chi connectivity index (χ3n) is 2.00. The summed E-state index contributed by atoms with van der Waals surface area (Å²) in [4.78, 5) is 7.67. The number of rotatable bonds is 1. The fourth-order valence-electron chi connectivity index (χ4n) is 1.37. The van der Waals surface area contributed by atoms with Crippen LogP contribution in [0, 0.1) is 0 Å². The van der Waals surface area contributed by atoms with Crippen molar-refractivity contribution in [1.29, 1.82) is 0 Å². The van der Waals surface area contributed by atoms with Gasteiger partial charge in [0.25, 0.3) is 0 Å². The Morgan fingerprint density at radius 1 is 1.29 bits per heavy atom. The predicted molar refractivity (Wildman–Crippen MR) is 58.4 cm³/mol. The first-order chi connectivity index (χ1) is 6.93. The molecule has 4 nitrogen and oxygen atoms in total. The lowest BCUT2D eigenvalue weighted by Crippen LogP contribution is -2.23. The lowest BCUT2D eigenvalue weighted by molar-refractivity contribution is 0.942. The number of fused-ring (bicyclic) bond motifs is 1. The van der Waals surface area contributed by atoms with E-state index in [9.17, 15) is 0 Å². The van der Waals surface area contributed by atoms with Crippen LogP contribution in [0.5, 0.6) is 0 Å². The summed E-state index contributed by atoms with van der Waals surface area (Å²) in [5.74, 6) is 0.821. The first-order valence-corrected chi connectivity index (χ1v) is 5.10. The molecule has 0 spiro atoms. The minimum Gasteiger partial charge on any atom is -0.322 e. The van der Waals surface area contributed by atoms with Crippen molar-refractivity contribution in [2.45, 2.75) is 0 Å². The molecule has 5 heteroatoms. The van der Waals surface area contributed by atoms with Crippen LogP contribution < -0.4 is 9.84 Å². The van der Waals surface area contributed by atoms with Crippen molar-refractivity contribution in [3.05, 3.63) is 35.9 Å². The zero-order valence-electron chi connectivity index (χ0n) is 7.27. The second-order valence-electron chi connectivity index (χ2n) is 2.91. The molecule has 2 aromatic rings. The predicted octanol–water partition coefficient (Wildman–Crippen LogP) is 2.01. The molecule has 0 saturated carbocycles. The standard InChI is InChI=1S/C9H8N4S/c1-2-4-8-7(3-1)11-9(12-8)13-10-5-6-14-13/h1-6,10H,(H,11,12). The molecule has 0 radical (unpaired) electrons. The van der Waals surface area contributed by atoms with E-state index in [2.05, 4.69) is 15.4 Å². The third kappa shape index (κ3) is 1.13. The number of hydrazine groups is 1. The molecular weight excluding hydrogens is 196 g/mol. The molecule has 1 aromatic heterocycles. The molecule has 1 aliphatic rings. The van der Waals surface area contributed by atoms with Crippen molar-refractivity contribution in [3.63, 3.8) is 0 Å². The van der Waals surface area contributed by atoms with Gasteiger partial charge in [-0.15, -0.1) is 0 Å². The Morgan fingerprint density at radius 3 is 3.00 bits per heavy atom. The van der Waals surface area contributed by atoms with E-state index < -0.39 is 0 Å². The molecule has 70 valence electrons. The number of imidazole rings is 1. The van der Waals surface area contributed by atoms with Crippen molar-refractivity contribution in [2.24, 2.45) is 0 Å². The minimum absolute atomic E-state index is 0.821. The zero-order chi connectivity index (χ0) is 9.38. The molecule has 1 aliphatic heterocycles. The van der Waals surface area contributed by atoms with Crippen LogP contribution in [0.3, 0.4) is 0 Å². The number of hydrogen-bond acceptors (Lipinski definition) is 4. The summed E-state index contributed by atoms with van der Waals surface area (Å²) in [6.07, 6.45) is 1.87. The Balaban J connectivity index is 2.05. The van der Waals surface area contributed by atoms with E-state index in [0.717, 1.165) is 17.0 Å². The highest BCUT2D eigenvalue weighted by Crippen LogP contribution is 2.23. The fraction of sp³-hybridized carbons (Fsp3) is 0. The van der Waals surface area contributed by atoms with Gasteiger partial charge in [0.15, 0.2) is 0 Å². The van der Waals surface area contributed by atoms with Gasteiger partial charge in [-0.1, -0.05) is 12.1 Å². The number of nitrogens with zero attached hydrogens (tertiary/aromatic N) is 2. The summed E-state index contributed by atoms with van der Waals surface area (Å²) >= 11 is 1.56. The van der Waals surface area contributed by atoms with Crippen molar-refractivity contribution in [1.82, 2.24) is 15.4 Å². The topological polar surface area (TPSA) is 44.0 Å². The highest BCUT2D eigenvalue weighted by atomic mass is 32.2. The number of H-pyrrole nitrogens is 1. The van der Waals surface area contributed by atoms with E-state index in [1.165, 1.54) is 0 Å². The third-order valence-corrected chi connectivity index (χ3v) is 2.74. The number of anilines is 1. The molecule has 1 aromatic carbocycles. The number of aromatic amines is 1. The van der Waals surface area contributed by atoms with Crippen LogP contribution in [-0.4, -0.2) is 9.97 Å². The number of hydrogen-bond donors (Lipinski definition) is 2. The van der Waals surface area contributed by atoms with Gasteiger partial charge in [-0.2, -0.15) is 4.41 Å². The van der Waals surface area contributed by atoms with Crippen molar-refractivity contribution in [2.75, 3.05) is 4.41 Å². The second kappa shape index (κ2) is 2.95. The average Bonchev–Trinajstić information content (AvgIpc) is 2.86. The summed E-state index contributed by atoms with van der Waals surface area (Å²) in [5, 5.41) is 1.97. The van der Waals surface area contributed by atoms with E-state index >= 15 is 0 Å². The van der Waals surface area contributed by atoms with Gasteiger partial charge in [0.1, 0.15) is 0 Å². The number of nitrogens with one attached hydrogen (secondary N) is 2. The summed E-state index contributed by atoms with van der Waals surface area (Å²) in [5.41, 5.74) is 5.09. The van der Waals surface area contributed by atoms with Crippen LogP contribution >= 0.6 is 11.9 Å². The van der Waals surface area contributed by atoms with E-state index in [-0.39, 0.29) is 0 Å². The van der Waals surface area contributed by atoms with Gasteiger partial charge < -0.3 is 4.98 Å². The molecule has 14 heavy (non-hydrogen) atoms. The molecule has 0 fully saturated rings. The van der Waals surface area contributed by atoms with E-state index in [4.69, 9.17) is 0 Å². The Morgan fingerprint density at radius 2 is 2.21 bits per heavy atom. The monoisotopic (exact) mass is 204 g/mol. The van der Waals surface area contributed by atoms with Crippen LogP contribution in [0.4, 0.5) is 5.95 Å². The number of para-hydroxylation sites is 2. The molecule has 3 rings (SSSR count). The van der Waals surface area contributed by atoms with Crippen LogP contribution in [0.2, 0.25) is 0 Å². The second-order valence-corrected chi connectivity index (χ2v) is 3.76. The summed E-state index contributed by atoms with van der Waals surface area (Å²) in [6.45, 7) is 0. The van der Waals surface area contributed by atoms with Gasteiger partial charge in [-0.3, -0.25) is 5.43 Å².